The fraction of sp³-hybridized carbons (Fsp3) is 0.355. The highest BCUT2D eigenvalue weighted by Crippen LogP contribution is 2.50. The van der Waals surface area contributed by atoms with Gasteiger partial charge in [0, 0.05) is 45.7 Å². The average molecular weight is 568 g/mol. The van der Waals surface area contributed by atoms with Crippen LogP contribution in [0.2, 0.25) is 0 Å². The molecule has 0 spiro atoms. The Balaban J connectivity index is 1.93. The molecule has 210 valence electrons. The first kappa shape index (κ1) is 30.6. The van der Waals surface area contributed by atoms with Gasteiger partial charge in [0.05, 0.1) is 24.3 Å². The van der Waals surface area contributed by atoms with Gasteiger partial charge in [0.2, 0.25) is 11.3 Å². The number of allylic oxidation sites excluding steroid dienone is 1. The van der Waals surface area contributed by atoms with E-state index in [2.05, 4.69) is 29.7 Å². The smallest absolute Gasteiger partial charge is 0.430 e. The summed E-state index contributed by atoms with van der Waals surface area (Å²) in [5, 5.41) is 9.20. The Morgan fingerprint density at radius 1 is 1.15 bits per heavy atom. The van der Waals surface area contributed by atoms with E-state index in [0.29, 0.717) is 4.88 Å². The summed E-state index contributed by atoms with van der Waals surface area (Å²) in [7, 11) is 0. The van der Waals surface area contributed by atoms with E-state index in [4.69, 9.17) is 16.0 Å². The maximum atomic E-state index is 14.0. The number of nitriles is 1. The number of ether oxygens (including phenoxy) is 2. The van der Waals surface area contributed by atoms with E-state index in [0.717, 1.165) is 41.9 Å². The van der Waals surface area contributed by atoms with Crippen LogP contribution >= 0.6 is 11.3 Å². The Morgan fingerprint density at radius 3 is 2.30 bits per heavy atom. The summed E-state index contributed by atoms with van der Waals surface area (Å²) in [5.41, 5.74) is -1.45. The van der Waals surface area contributed by atoms with Crippen LogP contribution in [-0.2, 0) is 4.74 Å². The fourth-order valence-electron chi connectivity index (χ4n) is 4.21. The third-order valence-corrected chi connectivity index (χ3v) is 7.44. The summed E-state index contributed by atoms with van der Waals surface area (Å²) in [6.45, 7) is 19.6. The number of rotatable bonds is 9. The zero-order valence-electron chi connectivity index (χ0n) is 23.4. The molecule has 0 bridgehead atoms. The second kappa shape index (κ2) is 12.5. The number of hydrogen-bond acceptors (Lipinski definition) is 5. The third kappa shape index (κ3) is 6.43. The molecule has 0 N–H and O–H groups in total. The molecule has 1 atom stereocenters. The molecule has 9 heteroatoms. The monoisotopic (exact) mass is 567 g/mol. The van der Waals surface area contributed by atoms with E-state index in [-0.39, 0.29) is 28.7 Å². The van der Waals surface area contributed by atoms with Gasteiger partial charge in [0.1, 0.15) is 11.5 Å². The SMILES string of the molecule is [C-]#[N+]C1=C(/C=C/c2ccc(/C=C/c3ccc(N(CC)CC)cc3OC(C)C)s2)C(C)(C(F)(F)F)O/C1=C(\C)C#N. The summed E-state index contributed by atoms with van der Waals surface area (Å²) in [4.78, 5) is 7.12. The Morgan fingerprint density at radius 2 is 1.77 bits per heavy atom. The number of thiophene rings is 1. The first-order valence-electron chi connectivity index (χ1n) is 12.9. The van der Waals surface area contributed by atoms with Gasteiger partial charge in [0.15, 0.2) is 0 Å². The number of benzene rings is 1. The predicted octanol–water partition coefficient (Wildman–Crippen LogP) is 8.89. The molecular weight excluding hydrogens is 535 g/mol. The van der Waals surface area contributed by atoms with Crippen LogP contribution in [0.5, 0.6) is 5.75 Å². The van der Waals surface area contributed by atoms with E-state index < -0.39 is 11.8 Å². The highest BCUT2D eigenvalue weighted by Gasteiger charge is 2.60. The number of halogens is 3. The molecule has 40 heavy (non-hydrogen) atoms. The highest BCUT2D eigenvalue weighted by atomic mass is 32.1. The summed E-state index contributed by atoms with van der Waals surface area (Å²) >= 11 is 1.39. The molecule has 2 heterocycles. The van der Waals surface area contributed by atoms with Crippen molar-refractivity contribution in [2.24, 2.45) is 0 Å². The molecule has 1 aliphatic rings. The van der Waals surface area contributed by atoms with Gasteiger partial charge >= 0.3 is 6.18 Å². The van der Waals surface area contributed by atoms with Gasteiger partial charge < -0.3 is 14.4 Å². The molecule has 2 aromatic rings. The van der Waals surface area contributed by atoms with Crippen LogP contribution in [-0.4, -0.2) is 31.0 Å². The lowest BCUT2D eigenvalue weighted by atomic mass is 9.94. The molecule has 5 nitrogen and oxygen atoms in total. The number of nitrogens with zero attached hydrogens (tertiary/aromatic N) is 3. The molecular formula is C31H32F3N3O2S. The standard InChI is InChI=1S/C31H32F3N3O2S/c1-8-37(9-2)23-12-10-22(27(18-23)38-20(3)4)11-13-24-14-15-25(40-24)16-17-26-28(36-7)29(21(5)19-35)39-30(26,6)31(32,33)34/h10-18,20H,8-9H2,1-6H3/b13-11+,17-16+,29-21+. The first-order chi connectivity index (χ1) is 18.9. The Kier molecular flexibility index (Phi) is 9.55. The van der Waals surface area contributed by atoms with Crippen LogP contribution in [0.25, 0.3) is 23.1 Å². The molecule has 1 unspecified atom stereocenters. The molecule has 0 radical (unpaired) electrons. The second-order valence-electron chi connectivity index (χ2n) is 9.54. The van der Waals surface area contributed by atoms with Crippen molar-refractivity contribution in [3.63, 3.8) is 0 Å². The van der Waals surface area contributed by atoms with Crippen molar-refractivity contribution in [2.45, 2.75) is 59.4 Å². The van der Waals surface area contributed by atoms with Gasteiger partial charge in [-0.1, -0.05) is 6.08 Å². The van der Waals surface area contributed by atoms with Crippen molar-refractivity contribution in [1.82, 2.24) is 0 Å². The lowest BCUT2D eigenvalue weighted by Gasteiger charge is -2.29. The van der Waals surface area contributed by atoms with Crippen LogP contribution in [0, 0.1) is 17.9 Å². The number of anilines is 1. The van der Waals surface area contributed by atoms with Crippen molar-refractivity contribution >= 4 is 35.3 Å². The highest BCUT2D eigenvalue weighted by molar-refractivity contribution is 7.13. The third-order valence-electron chi connectivity index (χ3n) is 6.43. The topological polar surface area (TPSA) is 49.9 Å². The summed E-state index contributed by atoms with van der Waals surface area (Å²) in [6, 6.07) is 11.6. The van der Waals surface area contributed by atoms with Gasteiger partial charge in [-0.3, -0.25) is 0 Å². The average Bonchev–Trinajstić information content (AvgIpc) is 3.48. The lowest BCUT2D eigenvalue weighted by Crippen LogP contribution is -2.43. The molecule has 1 aliphatic heterocycles. The van der Waals surface area contributed by atoms with Gasteiger partial charge in [-0.05, 0) is 84.0 Å². The van der Waals surface area contributed by atoms with E-state index in [1.165, 1.54) is 30.4 Å². The lowest BCUT2D eigenvalue weighted by molar-refractivity contribution is -0.236. The molecule has 0 saturated carbocycles. The zero-order valence-corrected chi connectivity index (χ0v) is 24.2. The Bertz CT molecular complexity index is 1450. The van der Waals surface area contributed by atoms with E-state index in [1.54, 1.807) is 12.1 Å². The van der Waals surface area contributed by atoms with Crippen molar-refractivity contribution < 1.29 is 22.6 Å². The van der Waals surface area contributed by atoms with Crippen LogP contribution in [0.1, 0.15) is 56.9 Å². The van der Waals surface area contributed by atoms with E-state index in [9.17, 15) is 18.4 Å². The molecule has 1 aromatic heterocycles. The zero-order chi connectivity index (χ0) is 29.7. The largest absolute Gasteiger partial charge is 0.490 e. The minimum atomic E-state index is -4.79. The molecule has 0 amide bonds. The fourth-order valence-corrected chi connectivity index (χ4v) is 5.02. The first-order valence-corrected chi connectivity index (χ1v) is 13.7. The predicted molar refractivity (Wildman–Crippen MR) is 156 cm³/mol. The Hall–Kier alpha value is -3.95. The Labute approximate surface area is 238 Å². The molecule has 0 aliphatic carbocycles. The minimum absolute atomic E-state index is 0.00138. The molecule has 0 fully saturated rings. The summed E-state index contributed by atoms with van der Waals surface area (Å²) in [5.74, 6) is 0.438. The van der Waals surface area contributed by atoms with Crippen LogP contribution in [0.15, 0.2) is 59.0 Å². The van der Waals surface area contributed by atoms with E-state index in [1.807, 2.05) is 44.2 Å². The van der Waals surface area contributed by atoms with Gasteiger partial charge in [0.25, 0.3) is 0 Å². The van der Waals surface area contributed by atoms with Crippen molar-refractivity contribution in [1.29, 1.82) is 5.26 Å². The maximum Gasteiger partial charge on any atom is 0.430 e. The molecule has 0 saturated heterocycles. The quantitative estimate of drug-likeness (QED) is 0.224. The summed E-state index contributed by atoms with van der Waals surface area (Å²) in [6.07, 6.45) is 1.89. The van der Waals surface area contributed by atoms with Crippen LogP contribution in [0.3, 0.4) is 0 Å². The summed E-state index contributed by atoms with van der Waals surface area (Å²) < 4.78 is 53.4. The van der Waals surface area contributed by atoms with Crippen molar-refractivity contribution in [2.75, 3.05) is 18.0 Å². The van der Waals surface area contributed by atoms with Crippen LogP contribution in [0.4, 0.5) is 18.9 Å². The minimum Gasteiger partial charge on any atom is -0.490 e. The van der Waals surface area contributed by atoms with Crippen molar-refractivity contribution in [3.8, 4) is 11.8 Å². The van der Waals surface area contributed by atoms with Gasteiger partial charge in [-0.15, -0.1) is 11.3 Å². The number of hydrogen-bond donors (Lipinski definition) is 0. The maximum absolute atomic E-state index is 14.0. The van der Waals surface area contributed by atoms with Crippen molar-refractivity contribution in [3.05, 3.63) is 85.7 Å². The van der Waals surface area contributed by atoms with Gasteiger partial charge in [-0.25, -0.2) is 4.85 Å². The molecule has 1 aromatic carbocycles. The van der Waals surface area contributed by atoms with Gasteiger partial charge in [-0.2, -0.15) is 18.4 Å². The normalized spacial score (nSPS) is 18.8. The molecule has 3 rings (SSSR count). The van der Waals surface area contributed by atoms with Crippen LogP contribution < -0.4 is 9.64 Å². The second-order valence-corrected chi connectivity index (χ2v) is 10.7. The van der Waals surface area contributed by atoms with E-state index >= 15 is 0 Å². The number of alkyl halides is 3.